The lowest BCUT2D eigenvalue weighted by Gasteiger charge is -2.19. The van der Waals surface area contributed by atoms with Gasteiger partial charge in [0.25, 0.3) is 5.91 Å². The van der Waals surface area contributed by atoms with Crippen LogP contribution in [0.1, 0.15) is 25.7 Å². The predicted molar refractivity (Wildman–Crippen MR) is 93.5 cm³/mol. The number of carbonyl (C=O) groups is 2. The van der Waals surface area contributed by atoms with E-state index in [0.29, 0.717) is 18.2 Å². The lowest BCUT2D eigenvalue weighted by Crippen LogP contribution is -2.38. The predicted octanol–water partition coefficient (Wildman–Crippen LogP) is 1.64. The first-order valence-corrected chi connectivity index (χ1v) is 8.55. The summed E-state index contributed by atoms with van der Waals surface area (Å²) in [7, 11) is 1.70. The Bertz CT molecular complexity index is 662. The molecule has 1 fully saturated rings. The standard InChI is InChI=1S/C18H23N3O4/c1-25-16-9-5-6-12(16)11-19-17(22)14-10-15(18(23)24)21(20-14)13-7-3-2-4-8-13/h2-4,7-8,12,15-16H,5-6,9-11H2,1H3,(H,19,22)(H,23,24). The number of hydrazone groups is 1. The minimum atomic E-state index is -0.995. The van der Waals surface area contributed by atoms with E-state index in [0.717, 1.165) is 19.3 Å². The van der Waals surface area contributed by atoms with Gasteiger partial charge in [0, 0.05) is 26.0 Å². The Kier molecular flexibility index (Phi) is 5.33. The second kappa shape index (κ2) is 7.65. The van der Waals surface area contributed by atoms with Crippen LogP contribution in [0.4, 0.5) is 5.69 Å². The second-order valence-corrected chi connectivity index (χ2v) is 6.46. The van der Waals surface area contributed by atoms with Crippen molar-refractivity contribution in [3.8, 4) is 0 Å². The van der Waals surface area contributed by atoms with Gasteiger partial charge in [-0.25, -0.2) is 4.79 Å². The SMILES string of the molecule is COC1CCCC1CNC(=O)C1=NN(c2ccccc2)C(C(=O)O)C1. The zero-order chi connectivity index (χ0) is 17.8. The summed E-state index contributed by atoms with van der Waals surface area (Å²) < 4.78 is 5.44. The van der Waals surface area contributed by atoms with E-state index in [1.54, 1.807) is 19.2 Å². The number of hydrogen-bond acceptors (Lipinski definition) is 5. The van der Waals surface area contributed by atoms with Gasteiger partial charge in [0.1, 0.15) is 5.71 Å². The lowest BCUT2D eigenvalue weighted by atomic mass is 10.1. The molecule has 7 nitrogen and oxygen atoms in total. The van der Waals surface area contributed by atoms with Crippen LogP contribution in [0.15, 0.2) is 35.4 Å². The van der Waals surface area contributed by atoms with Crippen LogP contribution >= 0.6 is 0 Å². The first-order chi connectivity index (χ1) is 12.1. The van der Waals surface area contributed by atoms with Gasteiger partial charge in [-0.05, 0) is 25.0 Å². The molecule has 3 rings (SSSR count). The van der Waals surface area contributed by atoms with E-state index in [9.17, 15) is 14.7 Å². The highest BCUT2D eigenvalue weighted by Gasteiger charge is 2.36. The molecular weight excluding hydrogens is 322 g/mol. The van der Waals surface area contributed by atoms with Crippen molar-refractivity contribution in [3.63, 3.8) is 0 Å². The highest BCUT2D eigenvalue weighted by molar-refractivity contribution is 6.40. The van der Waals surface area contributed by atoms with Gasteiger partial charge in [0.2, 0.25) is 0 Å². The maximum absolute atomic E-state index is 12.4. The molecule has 1 saturated carbocycles. The molecule has 3 atom stereocenters. The largest absolute Gasteiger partial charge is 0.480 e. The smallest absolute Gasteiger partial charge is 0.328 e. The third-order valence-corrected chi connectivity index (χ3v) is 4.90. The number of amides is 1. The number of carboxylic acids is 1. The molecule has 0 saturated heterocycles. The Morgan fingerprint density at radius 1 is 1.32 bits per heavy atom. The van der Waals surface area contributed by atoms with E-state index in [1.807, 2.05) is 18.2 Å². The number of nitrogens with zero attached hydrogens (tertiary/aromatic N) is 2. The monoisotopic (exact) mass is 345 g/mol. The van der Waals surface area contributed by atoms with E-state index in [-0.39, 0.29) is 24.1 Å². The van der Waals surface area contributed by atoms with Crippen LogP contribution in [0.2, 0.25) is 0 Å². The van der Waals surface area contributed by atoms with E-state index >= 15 is 0 Å². The number of carboxylic acid groups (broad SMARTS) is 1. The van der Waals surface area contributed by atoms with Crippen LogP contribution in [0.3, 0.4) is 0 Å². The van der Waals surface area contributed by atoms with Gasteiger partial charge in [0.05, 0.1) is 11.8 Å². The van der Waals surface area contributed by atoms with Crippen LogP contribution in [0.25, 0.3) is 0 Å². The molecule has 2 aliphatic rings. The molecule has 2 N–H and O–H groups in total. The van der Waals surface area contributed by atoms with Crippen LogP contribution in [-0.4, -0.2) is 48.5 Å². The molecule has 7 heteroatoms. The summed E-state index contributed by atoms with van der Waals surface area (Å²) >= 11 is 0. The van der Waals surface area contributed by atoms with E-state index < -0.39 is 12.0 Å². The first kappa shape index (κ1) is 17.4. The van der Waals surface area contributed by atoms with Gasteiger partial charge in [0.15, 0.2) is 6.04 Å². The first-order valence-electron chi connectivity index (χ1n) is 8.55. The van der Waals surface area contributed by atoms with Crippen LogP contribution < -0.4 is 10.3 Å². The minimum absolute atomic E-state index is 0.0917. The summed E-state index contributed by atoms with van der Waals surface area (Å²) in [6.45, 7) is 0.527. The summed E-state index contributed by atoms with van der Waals surface area (Å²) in [5.74, 6) is -0.992. The molecule has 1 amide bonds. The van der Waals surface area contributed by atoms with Gasteiger partial charge in [-0.15, -0.1) is 0 Å². The van der Waals surface area contributed by atoms with Gasteiger partial charge in [-0.2, -0.15) is 5.10 Å². The number of hydrogen-bond donors (Lipinski definition) is 2. The van der Waals surface area contributed by atoms with E-state index in [2.05, 4.69) is 10.4 Å². The fraction of sp³-hybridized carbons (Fsp3) is 0.500. The van der Waals surface area contributed by atoms with Crippen molar-refractivity contribution in [2.75, 3.05) is 18.7 Å². The maximum atomic E-state index is 12.4. The normalized spacial score (nSPS) is 25.7. The molecule has 0 spiro atoms. The number of anilines is 1. The average molecular weight is 345 g/mol. The number of ether oxygens (including phenoxy) is 1. The Morgan fingerprint density at radius 3 is 2.76 bits per heavy atom. The molecule has 25 heavy (non-hydrogen) atoms. The summed E-state index contributed by atoms with van der Waals surface area (Å²) in [4.78, 5) is 24.0. The number of nitrogens with one attached hydrogen (secondary N) is 1. The maximum Gasteiger partial charge on any atom is 0.328 e. The zero-order valence-corrected chi connectivity index (χ0v) is 14.2. The van der Waals surface area contributed by atoms with Crippen molar-refractivity contribution >= 4 is 23.3 Å². The number of carbonyl (C=O) groups excluding carboxylic acids is 1. The Labute approximate surface area is 146 Å². The van der Waals surface area contributed by atoms with Crippen molar-refractivity contribution in [1.29, 1.82) is 0 Å². The van der Waals surface area contributed by atoms with Crippen molar-refractivity contribution in [2.45, 2.75) is 37.8 Å². The number of benzene rings is 1. The number of methoxy groups -OCH3 is 1. The fourth-order valence-corrected chi connectivity index (χ4v) is 3.53. The molecule has 0 aromatic heterocycles. The molecule has 1 aromatic rings. The van der Waals surface area contributed by atoms with Gasteiger partial charge >= 0.3 is 5.97 Å². The molecule has 0 radical (unpaired) electrons. The molecule has 3 unspecified atom stereocenters. The Hall–Kier alpha value is -2.41. The van der Waals surface area contributed by atoms with E-state index in [4.69, 9.17) is 4.74 Å². The van der Waals surface area contributed by atoms with Crippen LogP contribution in [0, 0.1) is 5.92 Å². The van der Waals surface area contributed by atoms with Crippen molar-refractivity contribution in [2.24, 2.45) is 11.0 Å². The third-order valence-electron chi connectivity index (χ3n) is 4.90. The van der Waals surface area contributed by atoms with E-state index in [1.165, 1.54) is 5.01 Å². The zero-order valence-electron chi connectivity index (χ0n) is 14.2. The molecule has 1 aliphatic carbocycles. The Morgan fingerprint density at radius 2 is 2.08 bits per heavy atom. The topological polar surface area (TPSA) is 91.2 Å². The molecule has 1 aromatic carbocycles. The van der Waals surface area contributed by atoms with Crippen LogP contribution in [-0.2, 0) is 14.3 Å². The molecule has 1 aliphatic heterocycles. The summed E-state index contributed by atoms with van der Waals surface area (Å²) in [5.41, 5.74) is 0.913. The second-order valence-electron chi connectivity index (χ2n) is 6.46. The third kappa shape index (κ3) is 3.82. The number of para-hydroxylation sites is 1. The molecule has 1 heterocycles. The van der Waals surface area contributed by atoms with Gasteiger partial charge in [-0.1, -0.05) is 24.6 Å². The lowest BCUT2D eigenvalue weighted by molar-refractivity contribution is -0.138. The quantitative estimate of drug-likeness (QED) is 0.818. The summed E-state index contributed by atoms with van der Waals surface area (Å²) in [5, 5.41) is 18.0. The van der Waals surface area contributed by atoms with Crippen LogP contribution in [0.5, 0.6) is 0 Å². The Balaban J connectivity index is 1.67. The fourth-order valence-electron chi connectivity index (χ4n) is 3.53. The summed E-state index contributed by atoms with van der Waals surface area (Å²) in [6.07, 6.45) is 3.41. The number of rotatable bonds is 6. The number of aliphatic carboxylic acids is 1. The highest BCUT2D eigenvalue weighted by Crippen LogP contribution is 2.27. The molecule has 134 valence electrons. The average Bonchev–Trinajstić information content (AvgIpc) is 3.27. The minimum Gasteiger partial charge on any atom is -0.480 e. The highest BCUT2D eigenvalue weighted by atomic mass is 16.5. The van der Waals surface area contributed by atoms with Gasteiger partial charge < -0.3 is 15.2 Å². The molecule has 0 bridgehead atoms. The van der Waals surface area contributed by atoms with Crippen molar-refractivity contribution < 1.29 is 19.4 Å². The summed E-state index contributed by atoms with van der Waals surface area (Å²) in [6, 6.07) is 8.17. The van der Waals surface area contributed by atoms with Gasteiger partial charge in [-0.3, -0.25) is 9.80 Å². The van der Waals surface area contributed by atoms with Crippen molar-refractivity contribution in [3.05, 3.63) is 30.3 Å². The molecular formula is C18H23N3O4. The van der Waals surface area contributed by atoms with Crippen molar-refractivity contribution in [1.82, 2.24) is 5.32 Å².